The summed E-state index contributed by atoms with van der Waals surface area (Å²) in [5.41, 5.74) is -0.818. The molecule has 0 saturated carbocycles. The van der Waals surface area contributed by atoms with Gasteiger partial charge in [0.25, 0.3) is 0 Å². The zero-order valence-electron chi connectivity index (χ0n) is 12.6. The molecule has 0 amide bonds. The first-order chi connectivity index (χ1) is 10.4. The molecule has 0 aliphatic carbocycles. The Labute approximate surface area is 134 Å². The Kier molecular flexibility index (Phi) is 5.42. The number of carbonyl (C=O) groups is 1. The topological polar surface area (TPSA) is 60.8 Å². The lowest BCUT2D eigenvalue weighted by Gasteiger charge is -2.43. The van der Waals surface area contributed by atoms with Crippen LogP contribution in [0.5, 0.6) is 0 Å². The van der Waals surface area contributed by atoms with Crippen molar-refractivity contribution in [2.24, 2.45) is 5.41 Å². The molecular weight excluding hydrogens is 309 g/mol. The van der Waals surface area contributed by atoms with Crippen molar-refractivity contribution in [3.63, 3.8) is 0 Å². The van der Waals surface area contributed by atoms with Crippen molar-refractivity contribution in [1.29, 1.82) is 0 Å². The van der Waals surface area contributed by atoms with Crippen molar-refractivity contribution in [3.05, 3.63) is 34.6 Å². The molecule has 0 aromatic heterocycles. The molecule has 0 bridgehead atoms. The van der Waals surface area contributed by atoms with Crippen molar-refractivity contribution in [2.75, 3.05) is 13.1 Å². The second-order valence-electron chi connectivity index (χ2n) is 5.93. The molecule has 22 heavy (non-hydrogen) atoms. The fraction of sp³-hybridized carbons (Fsp3) is 0.562. The number of carboxylic acids is 1. The van der Waals surface area contributed by atoms with Gasteiger partial charge in [-0.2, -0.15) is 0 Å². The summed E-state index contributed by atoms with van der Waals surface area (Å²) in [5, 5.41) is 20.1. The van der Waals surface area contributed by atoms with E-state index in [0.29, 0.717) is 36.4 Å². The van der Waals surface area contributed by atoms with Crippen LogP contribution in [0.15, 0.2) is 18.2 Å². The molecule has 0 spiro atoms. The van der Waals surface area contributed by atoms with Crippen molar-refractivity contribution in [1.82, 2.24) is 4.90 Å². The number of benzene rings is 1. The Morgan fingerprint density at radius 1 is 1.55 bits per heavy atom. The number of piperidine rings is 1. The monoisotopic (exact) mass is 329 g/mol. The molecule has 122 valence electrons. The van der Waals surface area contributed by atoms with Crippen LogP contribution in [0.2, 0.25) is 5.02 Å². The van der Waals surface area contributed by atoms with Gasteiger partial charge in [0.15, 0.2) is 0 Å². The van der Waals surface area contributed by atoms with E-state index in [0.717, 1.165) is 0 Å². The van der Waals surface area contributed by atoms with Crippen LogP contribution in [0.1, 0.15) is 31.7 Å². The minimum Gasteiger partial charge on any atom is -0.481 e. The quantitative estimate of drug-likeness (QED) is 0.872. The summed E-state index contributed by atoms with van der Waals surface area (Å²) >= 11 is 6.04. The second-order valence-corrected chi connectivity index (χ2v) is 6.33. The second kappa shape index (κ2) is 6.94. The van der Waals surface area contributed by atoms with Gasteiger partial charge in [-0.15, -0.1) is 0 Å². The normalized spacial score (nSPS) is 26.1. The molecule has 1 fully saturated rings. The van der Waals surface area contributed by atoms with Crippen LogP contribution in [0, 0.1) is 11.2 Å². The summed E-state index contributed by atoms with van der Waals surface area (Å²) in [6, 6.07) is 4.51. The molecule has 2 rings (SSSR count). The van der Waals surface area contributed by atoms with Gasteiger partial charge in [0.2, 0.25) is 0 Å². The largest absolute Gasteiger partial charge is 0.481 e. The van der Waals surface area contributed by atoms with Crippen molar-refractivity contribution in [3.8, 4) is 0 Å². The third-order valence-electron chi connectivity index (χ3n) is 4.43. The van der Waals surface area contributed by atoms with Gasteiger partial charge in [-0.25, -0.2) is 4.39 Å². The van der Waals surface area contributed by atoms with Gasteiger partial charge in [-0.1, -0.05) is 31.0 Å². The van der Waals surface area contributed by atoms with Crippen molar-refractivity contribution < 1.29 is 19.4 Å². The highest BCUT2D eigenvalue weighted by Gasteiger charge is 2.48. The standard InChI is InChI=1S/C16H21ClFNO3/c1-2-7-16(15(21)22)10-19(8-6-14(16)20)9-11-12(17)4-3-5-13(11)18/h3-5,14,20H,2,6-10H2,1H3,(H,21,22)/t14-,16+/m0/s1. The average molecular weight is 330 g/mol. The van der Waals surface area contributed by atoms with Gasteiger partial charge < -0.3 is 10.2 Å². The Morgan fingerprint density at radius 3 is 2.86 bits per heavy atom. The molecule has 6 heteroatoms. The third-order valence-corrected chi connectivity index (χ3v) is 4.78. The lowest BCUT2D eigenvalue weighted by Crippen LogP contribution is -2.55. The van der Waals surface area contributed by atoms with Gasteiger partial charge in [-0.05, 0) is 25.0 Å². The van der Waals surface area contributed by atoms with Gasteiger partial charge in [0.1, 0.15) is 11.2 Å². The van der Waals surface area contributed by atoms with E-state index in [1.54, 1.807) is 12.1 Å². The number of aliphatic hydroxyl groups excluding tert-OH is 1. The first-order valence-corrected chi connectivity index (χ1v) is 7.85. The molecule has 1 aromatic rings. The fourth-order valence-corrected chi connectivity index (χ4v) is 3.44. The van der Waals surface area contributed by atoms with Crippen LogP contribution < -0.4 is 0 Å². The lowest BCUT2D eigenvalue weighted by atomic mass is 9.74. The minimum atomic E-state index is -1.19. The number of aliphatic carboxylic acids is 1. The summed E-state index contributed by atoms with van der Waals surface area (Å²) in [6.45, 7) is 2.85. The number of likely N-dealkylation sites (tertiary alicyclic amines) is 1. The van der Waals surface area contributed by atoms with Gasteiger partial charge in [-0.3, -0.25) is 9.69 Å². The zero-order chi connectivity index (χ0) is 16.3. The van der Waals surface area contributed by atoms with Gasteiger partial charge in [0, 0.05) is 30.2 Å². The highest BCUT2D eigenvalue weighted by atomic mass is 35.5. The SMILES string of the molecule is CCC[C@@]1(C(=O)O)CN(Cc2c(F)cccc2Cl)CC[C@@H]1O. The predicted molar refractivity (Wildman–Crippen MR) is 82.3 cm³/mol. The molecule has 1 aliphatic rings. The number of hydrogen-bond donors (Lipinski definition) is 2. The predicted octanol–water partition coefficient (Wildman–Crippen LogP) is 2.92. The molecule has 2 N–H and O–H groups in total. The number of nitrogens with zero attached hydrogens (tertiary/aromatic N) is 1. The maximum Gasteiger partial charge on any atom is 0.313 e. The van der Waals surface area contributed by atoms with E-state index in [9.17, 15) is 19.4 Å². The van der Waals surface area contributed by atoms with Crippen LogP contribution in [0.4, 0.5) is 4.39 Å². The van der Waals surface area contributed by atoms with E-state index in [-0.39, 0.29) is 13.1 Å². The molecule has 1 saturated heterocycles. The van der Waals surface area contributed by atoms with E-state index in [4.69, 9.17) is 11.6 Å². The number of rotatable bonds is 5. The van der Waals surface area contributed by atoms with E-state index < -0.39 is 23.3 Å². The first-order valence-electron chi connectivity index (χ1n) is 7.47. The number of carboxylic acid groups (broad SMARTS) is 1. The molecular formula is C16H21ClFNO3. The molecule has 2 atom stereocenters. The maximum absolute atomic E-state index is 13.9. The van der Waals surface area contributed by atoms with E-state index >= 15 is 0 Å². The Hall–Kier alpha value is -1.17. The summed E-state index contributed by atoms with van der Waals surface area (Å²) < 4.78 is 13.9. The van der Waals surface area contributed by atoms with Gasteiger partial charge in [0.05, 0.1) is 6.10 Å². The number of halogens is 2. The Morgan fingerprint density at radius 2 is 2.27 bits per heavy atom. The molecule has 4 nitrogen and oxygen atoms in total. The van der Waals surface area contributed by atoms with Crippen LogP contribution in [0.25, 0.3) is 0 Å². The van der Waals surface area contributed by atoms with E-state index in [2.05, 4.69) is 0 Å². The van der Waals surface area contributed by atoms with Crippen molar-refractivity contribution >= 4 is 17.6 Å². The fourth-order valence-electron chi connectivity index (χ4n) is 3.22. The average Bonchev–Trinajstić information content (AvgIpc) is 2.46. The summed E-state index contributed by atoms with van der Waals surface area (Å²) in [7, 11) is 0. The third kappa shape index (κ3) is 3.26. The van der Waals surface area contributed by atoms with E-state index in [1.807, 2.05) is 11.8 Å². The van der Waals surface area contributed by atoms with Gasteiger partial charge >= 0.3 is 5.97 Å². The highest BCUT2D eigenvalue weighted by molar-refractivity contribution is 6.31. The van der Waals surface area contributed by atoms with Crippen LogP contribution >= 0.6 is 11.6 Å². The minimum absolute atomic E-state index is 0.196. The van der Waals surface area contributed by atoms with E-state index in [1.165, 1.54) is 6.07 Å². The van der Waals surface area contributed by atoms with Crippen molar-refractivity contribution in [2.45, 2.75) is 38.8 Å². The van der Waals surface area contributed by atoms with Crippen LogP contribution in [0.3, 0.4) is 0 Å². The summed E-state index contributed by atoms with van der Waals surface area (Å²) in [4.78, 5) is 13.6. The molecule has 0 unspecified atom stereocenters. The Balaban J connectivity index is 2.22. The summed E-state index contributed by atoms with van der Waals surface area (Å²) in [5.74, 6) is -1.39. The van der Waals surface area contributed by atoms with Crippen LogP contribution in [-0.4, -0.2) is 40.3 Å². The summed E-state index contributed by atoms with van der Waals surface area (Å²) in [6.07, 6.45) is 0.540. The molecule has 1 heterocycles. The van der Waals surface area contributed by atoms with Crippen LogP contribution in [-0.2, 0) is 11.3 Å². The number of hydrogen-bond acceptors (Lipinski definition) is 3. The molecule has 1 aromatic carbocycles. The Bertz CT molecular complexity index is 534. The zero-order valence-corrected chi connectivity index (χ0v) is 13.3. The molecule has 1 aliphatic heterocycles. The molecule has 0 radical (unpaired) electrons. The lowest BCUT2D eigenvalue weighted by molar-refractivity contribution is -0.164. The number of aliphatic hydroxyl groups is 1. The maximum atomic E-state index is 13.9. The smallest absolute Gasteiger partial charge is 0.313 e. The highest BCUT2D eigenvalue weighted by Crippen LogP contribution is 2.36. The first kappa shape index (κ1) is 17.2.